The van der Waals surface area contributed by atoms with Gasteiger partial charge in [0.25, 0.3) is 0 Å². The molecule has 0 saturated carbocycles. The molecule has 1 aliphatic heterocycles. The van der Waals surface area contributed by atoms with Gasteiger partial charge in [-0.25, -0.2) is 9.78 Å². The predicted molar refractivity (Wildman–Crippen MR) is 187 cm³/mol. The third-order valence-electron chi connectivity index (χ3n) is 8.21. The molecule has 0 aliphatic carbocycles. The van der Waals surface area contributed by atoms with E-state index in [1.165, 1.54) is 24.4 Å². The van der Waals surface area contributed by atoms with E-state index in [0.717, 1.165) is 12.1 Å². The van der Waals surface area contributed by atoms with E-state index in [2.05, 4.69) is 41.3 Å². The van der Waals surface area contributed by atoms with Crippen molar-refractivity contribution >= 4 is 30.8 Å². The summed E-state index contributed by atoms with van der Waals surface area (Å²) in [5, 5.41) is 15.6. The standard InChI is InChI=1S/C36H42F3N5O5Si/c1-22(2)48-30-9-7-24(15-25(30)17-40)28-18-44(21-46-13-14-50(4,5)6)34-33(28)32(11-12-41-34)49-31-10-8-27(16-29(31)36(37,38)39)43-35(45)42-23(3)26-19-47-20-26/h7-12,15-16,18,22-23,26H,13-14,19-21H2,1-6H3,(H2,42,43,45)/t23-/m1/s1. The van der Waals surface area contributed by atoms with E-state index >= 15 is 0 Å². The van der Waals surface area contributed by atoms with Crippen molar-refractivity contribution in [3.63, 3.8) is 0 Å². The maximum Gasteiger partial charge on any atom is 0.420 e. The lowest BCUT2D eigenvalue weighted by molar-refractivity contribution is -0.138. The summed E-state index contributed by atoms with van der Waals surface area (Å²) in [5.74, 6) is 0.225. The van der Waals surface area contributed by atoms with Crippen LogP contribution in [-0.2, 0) is 22.4 Å². The van der Waals surface area contributed by atoms with Crippen molar-refractivity contribution in [1.82, 2.24) is 14.9 Å². The second-order valence-corrected chi connectivity index (χ2v) is 19.5. The smallest absolute Gasteiger partial charge is 0.420 e. The molecule has 0 spiro atoms. The zero-order valence-electron chi connectivity index (χ0n) is 29.0. The highest BCUT2D eigenvalue weighted by atomic mass is 28.3. The Morgan fingerprint density at radius 1 is 1.10 bits per heavy atom. The number of nitrogens with zero attached hydrogens (tertiary/aromatic N) is 3. The summed E-state index contributed by atoms with van der Waals surface area (Å²) < 4.78 is 68.2. The number of anilines is 1. The molecule has 14 heteroatoms. The molecule has 2 aromatic heterocycles. The molecule has 0 unspecified atom stereocenters. The van der Waals surface area contributed by atoms with Gasteiger partial charge in [-0.05, 0) is 68.8 Å². The number of halogens is 3. The highest BCUT2D eigenvalue weighted by molar-refractivity contribution is 6.76. The minimum atomic E-state index is -4.81. The molecule has 2 amide bonds. The molecule has 2 aromatic carbocycles. The van der Waals surface area contributed by atoms with E-state index in [1.807, 2.05) is 20.8 Å². The molecule has 1 atom stereocenters. The molecule has 0 bridgehead atoms. The maximum atomic E-state index is 14.5. The first kappa shape index (κ1) is 36.7. The van der Waals surface area contributed by atoms with Crippen LogP contribution >= 0.6 is 0 Å². The molecule has 1 fully saturated rings. The summed E-state index contributed by atoms with van der Waals surface area (Å²) in [4.78, 5) is 17.1. The lowest BCUT2D eigenvalue weighted by Gasteiger charge is -2.31. The van der Waals surface area contributed by atoms with Gasteiger partial charge in [-0.1, -0.05) is 25.7 Å². The van der Waals surface area contributed by atoms with Crippen LogP contribution in [0.3, 0.4) is 0 Å². The molecule has 4 aromatic rings. The number of hydrogen-bond acceptors (Lipinski definition) is 7. The summed E-state index contributed by atoms with van der Waals surface area (Å²) in [6.45, 7) is 14.0. The molecule has 50 heavy (non-hydrogen) atoms. The molecule has 10 nitrogen and oxygen atoms in total. The zero-order valence-corrected chi connectivity index (χ0v) is 30.0. The topological polar surface area (TPSA) is 120 Å². The van der Waals surface area contributed by atoms with Gasteiger partial charge in [0.2, 0.25) is 0 Å². The number of urea groups is 1. The monoisotopic (exact) mass is 709 g/mol. The number of aromatic nitrogens is 2. The molecule has 5 rings (SSSR count). The Balaban J connectivity index is 1.52. The van der Waals surface area contributed by atoms with E-state index in [-0.39, 0.29) is 36.2 Å². The van der Waals surface area contributed by atoms with Gasteiger partial charge in [-0.2, -0.15) is 18.4 Å². The maximum absolute atomic E-state index is 14.5. The van der Waals surface area contributed by atoms with E-state index < -0.39 is 31.6 Å². The number of benzene rings is 2. The van der Waals surface area contributed by atoms with Crippen molar-refractivity contribution in [1.29, 1.82) is 5.26 Å². The van der Waals surface area contributed by atoms with Gasteiger partial charge < -0.3 is 34.1 Å². The van der Waals surface area contributed by atoms with Gasteiger partial charge in [0, 0.05) is 50.3 Å². The molecule has 1 saturated heterocycles. The normalized spacial score (nSPS) is 14.3. The Bertz CT molecular complexity index is 1880. The lowest BCUT2D eigenvalue weighted by Crippen LogP contribution is -2.47. The van der Waals surface area contributed by atoms with Crippen LogP contribution < -0.4 is 20.1 Å². The van der Waals surface area contributed by atoms with Crippen LogP contribution in [0.2, 0.25) is 25.7 Å². The van der Waals surface area contributed by atoms with Crippen LogP contribution in [0.25, 0.3) is 22.2 Å². The van der Waals surface area contributed by atoms with Crippen molar-refractivity contribution in [2.45, 2.75) is 71.5 Å². The largest absolute Gasteiger partial charge is 0.490 e. The first-order chi connectivity index (χ1) is 23.6. The Morgan fingerprint density at radius 3 is 2.48 bits per heavy atom. The van der Waals surface area contributed by atoms with Gasteiger partial charge in [-0.3, -0.25) is 0 Å². The number of rotatable bonds is 13. The van der Waals surface area contributed by atoms with E-state index in [0.29, 0.717) is 53.3 Å². The average molecular weight is 710 g/mol. The number of hydrogen-bond donors (Lipinski definition) is 2. The Kier molecular flexibility index (Phi) is 11.1. The third kappa shape index (κ3) is 8.95. The summed E-state index contributed by atoms with van der Waals surface area (Å²) in [6, 6.07) is 12.3. The van der Waals surface area contributed by atoms with Gasteiger partial charge >= 0.3 is 12.2 Å². The Labute approximate surface area is 290 Å². The van der Waals surface area contributed by atoms with Gasteiger partial charge in [0.1, 0.15) is 41.3 Å². The number of fused-ring (bicyclic) bond motifs is 1. The molecule has 266 valence electrons. The Hall–Kier alpha value is -4.58. The number of alkyl halides is 3. The SMILES string of the molecule is CC(C)Oc1ccc(-c2cn(COCC[Si](C)(C)C)c3nccc(Oc4ccc(NC(=O)N[C@H](C)C5COC5)cc4C(F)(F)F)c23)cc1C#N. The van der Waals surface area contributed by atoms with Crippen LogP contribution in [0.4, 0.5) is 23.7 Å². The number of ether oxygens (including phenoxy) is 4. The van der Waals surface area contributed by atoms with Crippen molar-refractivity contribution in [3.8, 4) is 34.4 Å². The number of carbonyl (C=O) groups excluding carboxylic acids is 1. The van der Waals surface area contributed by atoms with Crippen LogP contribution in [-0.4, -0.2) is 55.6 Å². The third-order valence-corrected chi connectivity index (χ3v) is 9.92. The number of nitrogens with one attached hydrogen (secondary N) is 2. The first-order valence-corrected chi connectivity index (χ1v) is 20.1. The van der Waals surface area contributed by atoms with E-state index in [9.17, 15) is 23.2 Å². The van der Waals surface area contributed by atoms with Gasteiger partial charge in [0.15, 0.2) is 0 Å². The molecule has 3 heterocycles. The number of pyridine rings is 1. The molecular formula is C36H42F3N5O5Si. The second kappa shape index (κ2) is 15.1. The highest BCUT2D eigenvalue weighted by Gasteiger charge is 2.36. The molecular weight excluding hydrogens is 668 g/mol. The summed E-state index contributed by atoms with van der Waals surface area (Å²) in [5.41, 5.74) is 0.815. The fourth-order valence-electron chi connectivity index (χ4n) is 5.34. The van der Waals surface area contributed by atoms with Gasteiger partial charge in [0.05, 0.1) is 30.3 Å². The molecule has 2 N–H and O–H groups in total. The fraction of sp³-hybridized carbons (Fsp3) is 0.417. The molecule has 1 aliphatic rings. The van der Waals surface area contributed by atoms with Crippen molar-refractivity contribution in [2.24, 2.45) is 5.92 Å². The van der Waals surface area contributed by atoms with Crippen LogP contribution in [0.5, 0.6) is 17.2 Å². The zero-order chi connectivity index (χ0) is 36.2. The Morgan fingerprint density at radius 2 is 1.84 bits per heavy atom. The number of nitriles is 1. The predicted octanol–water partition coefficient (Wildman–Crippen LogP) is 8.64. The lowest BCUT2D eigenvalue weighted by atomic mass is 10.0. The van der Waals surface area contributed by atoms with Crippen molar-refractivity contribution in [3.05, 3.63) is 66.0 Å². The number of amides is 2. The minimum Gasteiger partial charge on any atom is -0.490 e. The van der Waals surface area contributed by atoms with Crippen molar-refractivity contribution < 1.29 is 36.9 Å². The average Bonchev–Trinajstić information content (AvgIpc) is 3.37. The minimum absolute atomic E-state index is 0.0471. The van der Waals surface area contributed by atoms with Crippen LogP contribution in [0, 0.1) is 17.2 Å². The van der Waals surface area contributed by atoms with E-state index in [4.69, 9.17) is 18.9 Å². The summed E-state index contributed by atoms with van der Waals surface area (Å²) in [7, 11) is -1.36. The van der Waals surface area contributed by atoms with Crippen molar-refractivity contribution in [2.75, 3.05) is 25.1 Å². The van der Waals surface area contributed by atoms with Gasteiger partial charge in [-0.15, -0.1) is 0 Å². The number of carbonyl (C=O) groups is 1. The second-order valence-electron chi connectivity index (χ2n) is 13.9. The summed E-state index contributed by atoms with van der Waals surface area (Å²) >= 11 is 0. The first-order valence-electron chi connectivity index (χ1n) is 16.4. The molecule has 0 radical (unpaired) electrons. The van der Waals surface area contributed by atoms with E-state index in [1.54, 1.807) is 29.0 Å². The quantitative estimate of drug-likeness (QED) is 0.105. The van der Waals surface area contributed by atoms with Crippen LogP contribution in [0.15, 0.2) is 54.9 Å². The highest BCUT2D eigenvalue weighted by Crippen LogP contribution is 2.43. The van der Waals surface area contributed by atoms with Crippen LogP contribution in [0.1, 0.15) is 31.9 Å². The fourth-order valence-corrected chi connectivity index (χ4v) is 6.10. The summed E-state index contributed by atoms with van der Waals surface area (Å²) in [6.07, 6.45) is -1.70.